The molecular weight excluding hydrogens is 170 g/mol. The summed E-state index contributed by atoms with van der Waals surface area (Å²) in [7, 11) is 0. The first-order chi connectivity index (χ1) is 6.25. The predicted molar refractivity (Wildman–Crippen MR) is 46.8 cm³/mol. The molecule has 4 nitrogen and oxygen atoms in total. The number of hydrogen-bond donors (Lipinski definition) is 0. The van der Waals surface area contributed by atoms with Crippen molar-refractivity contribution in [2.45, 2.75) is 13.3 Å². The van der Waals surface area contributed by atoms with Crippen LogP contribution in [0.4, 0.5) is 4.79 Å². The Labute approximate surface area is 76.5 Å². The molecule has 0 atom stereocenters. The molecule has 0 saturated carbocycles. The maximum atomic E-state index is 11.3. The normalized spacial score (nSPS) is 15.8. The highest BCUT2D eigenvalue weighted by Gasteiger charge is 2.19. The lowest BCUT2D eigenvalue weighted by Crippen LogP contribution is -2.31. The molecule has 13 heavy (non-hydrogen) atoms. The minimum absolute atomic E-state index is 0.228. The third-order valence-electron chi connectivity index (χ3n) is 1.51. The van der Waals surface area contributed by atoms with Crippen molar-refractivity contribution in [1.82, 2.24) is 4.90 Å². The average molecular weight is 181 g/mol. The molecule has 0 aromatic rings. The SMILES string of the molecule is CCOC(=O)N1C=CC=CCC1=O. The van der Waals surface area contributed by atoms with Crippen molar-refractivity contribution >= 4 is 12.0 Å². The van der Waals surface area contributed by atoms with Crippen molar-refractivity contribution in [3.63, 3.8) is 0 Å². The van der Waals surface area contributed by atoms with Crippen LogP contribution >= 0.6 is 0 Å². The van der Waals surface area contributed by atoms with Crippen LogP contribution in [-0.2, 0) is 9.53 Å². The first-order valence-corrected chi connectivity index (χ1v) is 4.08. The Kier molecular flexibility index (Phi) is 3.25. The Morgan fingerprint density at radius 3 is 3.08 bits per heavy atom. The minimum Gasteiger partial charge on any atom is -0.449 e. The second kappa shape index (κ2) is 4.45. The predicted octanol–water partition coefficient (Wildman–Crippen LogP) is 1.45. The van der Waals surface area contributed by atoms with Crippen LogP contribution in [0.2, 0.25) is 0 Å². The lowest BCUT2D eigenvalue weighted by Gasteiger charge is -2.13. The van der Waals surface area contributed by atoms with Gasteiger partial charge in [0, 0.05) is 12.6 Å². The molecule has 0 radical (unpaired) electrons. The quantitative estimate of drug-likeness (QED) is 0.615. The molecule has 0 unspecified atom stereocenters. The zero-order valence-corrected chi connectivity index (χ0v) is 7.40. The zero-order valence-electron chi connectivity index (χ0n) is 7.40. The van der Waals surface area contributed by atoms with Gasteiger partial charge in [-0.25, -0.2) is 9.69 Å². The van der Waals surface area contributed by atoms with Crippen LogP contribution in [0.25, 0.3) is 0 Å². The van der Waals surface area contributed by atoms with Gasteiger partial charge in [-0.2, -0.15) is 0 Å². The summed E-state index contributed by atoms with van der Waals surface area (Å²) in [4.78, 5) is 23.4. The number of carbonyl (C=O) groups is 2. The first-order valence-electron chi connectivity index (χ1n) is 4.08. The molecule has 70 valence electrons. The number of hydrogen-bond acceptors (Lipinski definition) is 3. The summed E-state index contributed by atoms with van der Waals surface area (Å²) in [6.07, 6.45) is 6.06. The fourth-order valence-corrected chi connectivity index (χ4v) is 0.920. The van der Waals surface area contributed by atoms with E-state index in [2.05, 4.69) is 0 Å². The second-order valence-corrected chi connectivity index (χ2v) is 2.44. The largest absolute Gasteiger partial charge is 0.449 e. The van der Waals surface area contributed by atoms with Gasteiger partial charge in [-0.3, -0.25) is 4.79 Å². The summed E-state index contributed by atoms with van der Waals surface area (Å²) < 4.78 is 4.69. The van der Waals surface area contributed by atoms with E-state index in [1.165, 1.54) is 6.20 Å². The molecule has 1 aliphatic heterocycles. The third kappa shape index (κ3) is 2.43. The third-order valence-corrected chi connectivity index (χ3v) is 1.51. The Bertz CT molecular complexity index is 268. The van der Waals surface area contributed by atoms with E-state index in [4.69, 9.17) is 4.74 Å². The maximum Gasteiger partial charge on any atom is 0.420 e. The monoisotopic (exact) mass is 181 g/mol. The standard InChI is InChI=1S/C9H11NO3/c1-2-13-9(12)10-7-5-3-4-6-8(10)11/h3-5,7H,2,6H2,1H3. The number of allylic oxidation sites excluding steroid dienone is 2. The molecule has 0 spiro atoms. The Balaban J connectivity index is 2.67. The molecule has 0 N–H and O–H groups in total. The molecule has 1 aliphatic rings. The highest BCUT2D eigenvalue weighted by molar-refractivity contribution is 5.94. The minimum atomic E-state index is -0.618. The topological polar surface area (TPSA) is 46.6 Å². The Morgan fingerprint density at radius 2 is 2.38 bits per heavy atom. The van der Waals surface area contributed by atoms with Gasteiger partial charge < -0.3 is 4.74 Å². The molecule has 2 amide bonds. The van der Waals surface area contributed by atoms with Crippen molar-refractivity contribution < 1.29 is 14.3 Å². The van der Waals surface area contributed by atoms with Gasteiger partial charge in [-0.15, -0.1) is 0 Å². The molecule has 1 rings (SSSR count). The molecule has 0 bridgehead atoms. The summed E-state index contributed by atoms with van der Waals surface area (Å²) in [5.74, 6) is -0.275. The first kappa shape index (κ1) is 9.51. The van der Waals surface area contributed by atoms with Crippen molar-refractivity contribution in [2.75, 3.05) is 6.61 Å². The van der Waals surface area contributed by atoms with Crippen molar-refractivity contribution in [2.24, 2.45) is 0 Å². The van der Waals surface area contributed by atoms with Gasteiger partial charge in [-0.1, -0.05) is 12.2 Å². The van der Waals surface area contributed by atoms with Crippen molar-refractivity contribution in [3.05, 3.63) is 24.4 Å². The maximum absolute atomic E-state index is 11.3. The molecule has 4 heteroatoms. The number of rotatable bonds is 1. The lowest BCUT2D eigenvalue weighted by molar-refractivity contribution is -0.126. The van der Waals surface area contributed by atoms with Crippen LogP contribution in [0, 0.1) is 0 Å². The summed E-state index contributed by atoms with van der Waals surface area (Å²) in [6, 6.07) is 0. The highest BCUT2D eigenvalue weighted by Crippen LogP contribution is 2.04. The van der Waals surface area contributed by atoms with Crippen LogP contribution in [0.3, 0.4) is 0 Å². The van der Waals surface area contributed by atoms with Crippen molar-refractivity contribution in [1.29, 1.82) is 0 Å². The zero-order chi connectivity index (χ0) is 9.68. The lowest BCUT2D eigenvalue weighted by atomic mass is 10.4. The summed E-state index contributed by atoms with van der Waals surface area (Å²) >= 11 is 0. The number of nitrogens with zero attached hydrogens (tertiary/aromatic N) is 1. The van der Waals surface area contributed by atoms with Crippen molar-refractivity contribution in [3.8, 4) is 0 Å². The van der Waals surface area contributed by atoms with Gasteiger partial charge in [0.15, 0.2) is 0 Å². The summed E-state index contributed by atoms with van der Waals surface area (Å²) in [6.45, 7) is 1.96. The smallest absolute Gasteiger partial charge is 0.420 e. The van der Waals surface area contributed by atoms with Crippen LogP contribution in [0.15, 0.2) is 24.4 Å². The fourth-order valence-electron chi connectivity index (χ4n) is 0.920. The van der Waals surface area contributed by atoms with Gasteiger partial charge >= 0.3 is 6.09 Å². The van der Waals surface area contributed by atoms with E-state index < -0.39 is 6.09 Å². The van der Waals surface area contributed by atoms with E-state index in [1.54, 1.807) is 25.2 Å². The van der Waals surface area contributed by atoms with Gasteiger partial charge in [-0.05, 0) is 13.0 Å². The molecule has 0 fully saturated rings. The molecular formula is C9H11NO3. The average Bonchev–Trinajstić information content (AvgIpc) is 2.30. The summed E-state index contributed by atoms with van der Waals surface area (Å²) in [5, 5.41) is 0. The highest BCUT2D eigenvalue weighted by atomic mass is 16.6. The number of carbonyl (C=O) groups excluding carboxylic acids is 2. The molecule has 0 aliphatic carbocycles. The van der Waals surface area contributed by atoms with Crippen LogP contribution in [0.1, 0.15) is 13.3 Å². The Morgan fingerprint density at radius 1 is 1.62 bits per heavy atom. The van der Waals surface area contributed by atoms with E-state index in [0.29, 0.717) is 0 Å². The fraction of sp³-hybridized carbons (Fsp3) is 0.333. The van der Waals surface area contributed by atoms with Crippen LogP contribution in [-0.4, -0.2) is 23.5 Å². The molecule has 0 aromatic heterocycles. The van der Waals surface area contributed by atoms with E-state index in [0.717, 1.165) is 4.90 Å². The van der Waals surface area contributed by atoms with E-state index in [-0.39, 0.29) is 18.9 Å². The van der Waals surface area contributed by atoms with Gasteiger partial charge in [0.05, 0.1) is 6.61 Å². The second-order valence-electron chi connectivity index (χ2n) is 2.44. The van der Waals surface area contributed by atoms with E-state index in [1.807, 2.05) is 0 Å². The van der Waals surface area contributed by atoms with E-state index >= 15 is 0 Å². The number of ether oxygens (including phenoxy) is 1. The van der Waals surface area contributed by atoms with Gasteiger partial charge in [0.2, 0.25) is 5.91 Å². The van der Waals surface area contributed by atoms with Gasteiger partial charge in [0.1, 0.15) is 0 Å². The molecule has 1 heterocycles. The summed E-state index contributed by atoms with van der Waals surface area (Å²) in [5.41, 5.74) is 0. The van der Waals surface area contributed by atoms with E-state index in [9.17, 15) is 9.59 Å². The molecule has 0 aromatic carbocycles. The Hall–Kier alpha value is -1.58. The van der Waals surface area contributed by atoms with Gasteiger partial charge in [0.25, 0.3) is 0 Å². The van der Waals surface area contributed by atoms with Crippen LogP contribution < -0.4 is 0 Å². The number of imide groups is 1. The molecule has 0 saturated heterocycles. The number of amides is 2. The van der Waals surface area contributed by atoms with Crippen LogP contribution in [0.5, 0.6) is 0 Å².